The molecule has 0 saturated carbocycles. The van der Waals surface area contributed by atoms with E-state index in [1.54, 1.807) is 54.6 Å². The lowest BCUT2D eigenvalue weighted by Crippen LogP contribution is -2.38. The molecule has 3 aromatic rings. The molecule has 4 rings (SSSR count). The first-order chi connectivity index (χ1) is 15.4. The van der Waals surface area contributed by atoms with E-state index in [9.17, 15) is 13.2 Å². The van der Waals surface area contributed by atoms with Crippen molar-refractivity contribution in [3.05, 3.63) is 72.3 Å². The van der Waals surface area contributed by atoms with Crippen LogP contribution in [0.3, 0.4) is 0 Å². The summed E-state index contributed by atoms with van der Waals surface area (Å²) in [5, 5.41) is 2.74. The lowest BCUT2D eigenvalue weighted by atomic mass is 10.2. The molecule has 1 aliphatic heterocycles. The summed E-state index contributed by atoms with van der Waals surface area (Å²) in [5.41, 5.74) is 1.88. The third-order valence-electron chi connectivity index (χ3n) is 4.91. The number of benzene rings is 3. The van der Waals surface area contributed by atoms with E-state index in [4.69, 9.17) is 9.47 Å². The number of fused-ring (bicyclic) bond motifs is 1. The summed E-state index contributed by atoms with van der Waals surface area (Å²) in [6.07, 6.45) is 1.92. The maximum absolute atomic E-state index is 13.5. The van der Waals surface area contributed by atoms with Gasteiger partial charge in [0.2, 0.25) is 12.7 Å². The van der Waals surface area contributed by atoms with Gasteiger partial charge in [-0.15, -0.1) is 11.8 Å². The molecule has 0 aromatic heterocycles. The molecular weight excluding hydrogens is 448 g/mol. The Labute approximate surface area is 191 Å². The molecule has 0 unspecified atom stereocenters. The zero-order chi connectivity index (χ0) is 22.7. The van der Waals surface area contributed by atoms with Gasteiger partial charge in [0.15, 0.2) is 11.5 Å². The molecule has 0 bridgehead atoms. The van der Waals surface area contributed by atoms with Crippen molar-refractivity contribution in [1.82, 2.24) is 0 Å². The van der Waals surface area contributed by atoms with Crippen LogP contribution in [0.2, 0.25) is 0 Å². The van der Waals surface area contributed by atoms with E-state index in [0.29, 0.717) is 22.9 Å². The minimum Gasteiger partial charge on any atom is -0.454 e. The molecule has 3 aromatic carbocycles. The van der Waals surface area contributed by atoms with Gasteiger partial charge in [-0.05, 0) is 61.7 Å². The number of aryl methyl sites for hydroxylation is 1. The number of sulfonamides is 1. The molecule has 0 fully saturated rings. The molecule has 1 heterocycles. The molecule has 7 nitrogen and oxygen atoms in total. The SMILES string of the molecule is CSc1ccc(S(=O)(=O)N(CC(=O)Nc2ccc3c(c2)OCO3)c2ccc(C)cc2)cc1. The van der Waals surface area contributed by atoms with E-state index in [-0.39, 0.29) is 18.2 Å². The molecule has 1 aliphatic rings. The number of rotatable bonds is 7. The second-order valence-corrected chi connectivity index (χ2v) is 9.88. The second kappa shape index (κ2) is 9.13. The standard InChI is InChI=1S/C23H22N2O5S2/c1-16-3-6-18(7-4-16)25(32(27,28)20-10-8-19(31-2)9-11-20)14-23(26)24-17-5-12-21-22(13-17)30-15-29-21/h3-13H,14-15H2,1-2H3,(H,24,26). The fourth-order valence-corrected chi connectivity index (χ4v) is 5.04. The molecule has 166 valence electrons. The van der Waals surface area contributed by atoms with Crippen LogP contribution in [-0.2, 0) is 14.8 Å². The van der Waals surface area contributed by atoms with E-state index in [0.717, 1.165) is 14.8 Å². The van der Waals surface area contributed by atoms with Crippen molar-refractivity contribution in [3.63, 3.8) is 0 Å². The highest BCUT2D eigenvalue weighted by Gasteiger charge is 2.27. The highest BCUT2D eigenvalue weighted by molar-refractivity contribution is 7.98. The molecule has 9 heteroatoms. The van der Waals surface area contributed by atoms with Crippen LogP contribution >= 0.6 is 11.8 Å². The van der Waals surface area contributed by atoms with Gasteiger partial charge in [0.1, 0.15) is 6.54 Å². The van der Waals surface area contributed by atoms with Crippen LogP contribution < -0.4 is 19.1 Å². The molecule has 1 amide bonds. The van der Waals surface area contributed by atoms with Crippen LogP contribution in [0.25, 0.3) is 0 Å². The second-order valence-electron chi connectivity index (χ2n) is 7.14. The van der Waals surface area contributed by atoms with E-state index < -0.39 is 15.9 Å². The Hall–Kier alpha value is -3.17. The monoisotopic (exact) mass is 470 g/mol. The zero-order valence-corrected chi connectivity index (χ0v) is 19.2. The van der Waals surface area contributed by atoms with Crippen molar-refractivity contribution in [1.29, 1.82) is 0 Å². The molecule has 32 heavy (non-hydrogen) atoms. The Morgan fingerprint density at radius 1 is 1.00 bits per heavy atom. The van der Waals surface area contributed by atoms with Gasteiger partial charge < -0.3 is 14.8 Å². The predicted octanol–water partition coefficient (Wildman–Crippen LogP) is 4.28. The van der Waals surface area contributed by atoms with Crippen molar-refractivity contribution in [2.24, 2.45) is 0 Å². The first-order valence-corrected chi connectivity index (χ1v) is 12.5. The average Bonchev–Trinajstić information content (AvgIpc) is 3.26. The summed E-state index contributed by atoms with van der Waals surface area (Å²) in [6, 6.07) is 18.6. The maximum atomic E-state index is 13.5. The Bertz CT molecular complexity index is 1230. The van der Waals surface area contributed by atoms with Gasteiger partial charge in [0.25, 0.3) is 10.0 Å². The molecule has 0 saturated heterocycles. The number of ether oxygens (including phenoxy) is 2. The third-order valence-corrected chi connectivity index (χ3v) is 7.44. The summed E-state index contributed by atoms with van der Waals surface area (Å²) in [7, 11) is -3.97. The molecule has 0 radical (unpaired) electrons. The Balaban J connectivity index is 1.61. The summed E-state index contributed by atoms with van der Waals surface area (Å²) in [4.78, 5) is 13.9. The van der Waals surface area contributed by atoms with Crippen LogP contribution in [0, 0.1) is 6.92 Å². The number of hydrogen-bond acceptors (Lipinski definition) is 6. The van der Waals surface area contributed by atoms with Crippen LogP contribution in [0.15, 0.2) is 76.5 Å². The van der Waals surface area contributed by atoms with Gasteiger partial charge in [-0.1, -0.05) is 17.7 Å². The van der Waals surface area contributed by atoms with E-state index >= 15 is 0 Å². The number of thioether (sulfide) groups is 1. The van der Waals surface area contributed by atoms with Gasteiger partial charge in [-0.25, -0.2) is 8.42 Å². The predicted molar refractivity (Wildman–Crippen MR) is 125 cm³/mol. The molecule has 0 aliphatic carbocycles. The molecule has 0 atom stereocenters. The Kier molecular flexibility index (Phi) is 6.29. The number of anilines is 2. The summed E-state index contributed by atoms with van der Waals surface area (Å²) < 4.78 is 38.6. The van der Waals surface area contributed by atoms with E-state index in [2.05, 4.69) is 5.32 Å². The van der Waals surface area contributed by atoms with Gasteiger partial charge in [-0.3, -0.25) is 9.10 Å². The number of carbonyl (C=O) groups excluding carboxylic acids is 1. The minimum absolute atomic E-state index is 0.117. The van der Waals surface area contributed by atoms with Crippen LogP contribution in [0.1, 0.15) is 5.56 Å². The topological polar surface area (TPSA) is 84.9 Å². The van der Waals surface area contributed by atoms with Crippen molar-refractivity contribution in [3.8, 4) is 11.5 Å². The van der Waals surface area contributed by atoms with Gasteiger partial charge >= 0.3 is 0 Å². The van der Waals surface area contributed by atoms with Gasteiger partial charge in [-0.2, -0.15) is 0 Å². The minimum atomic E-state index is -3.97. The largest absolute Gasteiger partial charge is 0.454 e. The van der Waals surface area contributed by atoms with Crippen molar-refractivity contribution < 1.29 is 22.7 Å². The summed E-state index contributed by atoms with van der Waals surface area (Å²) >= 11 is 1.52. The first kappa shape index (κ1) is 22.0. The van der Waals surface area contributed by atoms with Crippen molar-refractivity contribution in [2.75, 3.05) is 29.2 Å². The fraction of sp³-hybridized carbons (Fsp3) is 0.174. The Morgan fingerprint density at radius 2 is 1.69 bits per heavy atom. The van der Waals surface area contributed by atoms with Crippen LogP contribution in [0.4, 0.5) is 11.4 Å². The number of nitrogens with one attached hydrogen (secondary N) is 1. The average molecular weight is 471 g/mol. The normalized spacial score (nSPS) is 12.4. The fourth-order valence-electron chi connectivity index (χ4n) is 3.21. The molecule has 1 N–H and O–H groups in total. The Morgan fingerprint density at radius 3 is 2.38 bits per heavy atom. The van der Waals surface area contributed by atoms with Crippen LogP contribution in [0.5, 0.6) is 11.5 Å². The van der Waals surface area contributed by atoms with Crippen molar-refractivity contribution in [2.45, 2.75) is 16.7 Å². The third kappa shape index (κ3) is 4.68. The zero-order valence-electron chi connectivity index (χ0n) is 17.6. The number of carbonyl (C=O) groups is 1. The lowest BCUT2D eigenvalue weighted by molar-refractivity contribution is -0.114. The van der Waals surface area contributed by atoms with Crippen LogP contribution in [-0.4, -0.2) is 33.9 Å². The smallest absolute Gasteiger partial charge is 0.264 e. The van der Waals surface area contributed by atoms with Crippen molar-refractivity contribution >= 4 is 39.1 Å². The number of nitrogens with zero attached hydrogens (tertiary/aromatic N) is 1. The summed E-state index contributed by atoms with van der Waals surface area (Å²) in [6.45, 7) is 1.65. The maximum Gasteiger partial charge on any atom is 0.264 e. The number of hydrogen-bond donors (Lipinski definition) is 1. The molecule has 0 spiro atoms. The highest BCUT2D eigenvalue weighted by atomic mass is 32.2. The number of amides is 1. The summed E-state index contributed by atoms with van der Waals surface area (Å²) in [5.74, 6) is 0.647. The van der Waals surface area contributed by atoms with Gasteiger partial charge in [0.05, 0.1) is 10.6 Å². The van der Waals surface area contributed by atoms with Gasteiger partial charge in [0, 0.05) is 16.6 Å². The quantitative estimate of drug-likeness (QED) is 0.519. The molecular formula is C23H22N2O5S2. The lowest BCUT2D eigenvalue weighted by Gasteiger charge is -2.24. The van der Waals surface area contributed by atoms with E-state index in [1.807, 2.05) is 25.3 Å². The first-order valence-electron chi connectivity index (χ1n) is 9.80. The van der Waals surface area contributed by atoms with E-state index in [1.165, 1.54) is 11.8 Å². The highest BCUT2D eigenvalue weighted by Crippen LogP contribution is 2.34.